The smallest absolute Gasteiger partial charge is 0.318 e. The van der Waals surface area contributed by atoms with Gasteiger partial charge in [-0.3, -0.25) is 13.8 Å². The molecular weight excluding hydrogens is 455 g/mol. The Morgan fingerprint density at radius 3 is 2.56 bits per heavy atom. The molecule has 0 bridgehead atoms. The molecular formula is C23H26ClFN2O4S. The lowest BCUT2D eigenvalue weighted by Gasteiger charge is -2.46. The van der Waals surface area contributed by atoms with Crippen LogP contribution in [0.3, 0.4) is 0 Å². The number of amides is 1. The van der Waals surface area contributed by atoms with E-state index in [1.165, 1.54) is 12.1 Å². The van der Waals surface area contributed by atoms with Crippen LogP contribution in [0.15, 0.2) is 47.4 Å². The first-order chi connectivity index (χ1) is 15.2. The largest absolute Gasteiger partial charge is 0.465 e. The lowest BCUT2D eigenvalue weighted by Crippen LogP contribution is -2.59. The number of rotatable bonds is 6. The van der Waals surface area contributed by atoms with Crippen LogP contribution in [0.2, 0.25) is 5.02 Å². The third-order valence-corrected chi connectivity index (χ3v) is 7.20. The SMILES string of the molecule is CCOC(=O)CS(=O)c1ccc(C(=O)N2CCN(c3cccc(Cl)c3)[C@H](C)[C@@H]2C)cc1F. The summed E-state index contributed by atoms with van der Waals surface area (Å²) in [5, 5.41) is 0.650. The Morgan fingerprint density at radius 1 is 1.16 bits per heavy atom. The first-order valence-electron chi connectivity index (χ1n) is 10.4. The fourth-order valence-electron chi connectivity index (χ4n) is 3.82. The van der Waals surface area contributed by atoms with Crippen molar-refractivity contribution in [3.8, 4) is 0 Å². The third-order valence-electron chi connectivity index (χ3n) is 5.64. The van der Waals surface area contributed by atoms with Gasteiger partial charge in [0.15, 0.2) is 0 Å². The molecule has 0 spiro atoms. The van der Waals surface area contributed by atoms with Crippen molar-refractivity contribution in [3.63, 3.8) is 0 Å². The van der Waals surface area contributed by atoms with E-state index in [-0.39, 0.29) is 35.1 Å². The van der Waals surface area contributed by atoms with Gasteiger partial charge in [0.1, 0.15) is 11.6 Å². The van der Waals surface area contributed by atoms with E-state index in [0.29, 0.717) is 18.1 Å². The number of carbonyl (C=O) groups is 2. The molecule has 0 saturated carbocycles. The Kier molecular flexibility index (Phi) is 7.90. The number of piperazine rings is 1. The summed E-state index contributed by atoms with van der Waals surface area (Å²) in [7, 11) is -1.89. The topological polar surface area (TPSA) is 66.9 Å². The fraction of sp³-hybridized carbons (Fsp3) is 0.391. The molecule has 3 rings (SSSR count). The van der Waals surface area contributed by atoms with Crippen LogP contribution in [0.5, 0.6) is 0 Å². The summed E-state index contributed by atoms with van der Waals surface area (Å²) in [6.07, 6.45) is 0. The number of carbonyl (C=O) groups excluding carboxylic acids is 2. The Morgan fingerprint density at radius 2 is 1.91 bits per heavy atom. The normalized spacial score (nSPS) is 19.5. The Bertz CT molecular complexity index is 1030. The van der Waals surface area contributed by atoms with Crippen molar-refractivity contribution in [2.45, 2.75) is 37.8 Å². The number of halogens is 2. The lowest BCUT2D eigenvalue weighted by atomic mass is 10.0. The minimum Gasteiger partial charge on any atom is -0.465 e. The summed E-state index contributed by atoms with van der Waals surface area (Å²) in [6.45, 7) is 6.87. The number of hydrogen-bond donors (Lipinski definition) is 0. The van der Waals surface area contributed by atoms with Gasteiger partial charge in [-0.1, -0.05) is 17.7 Å². The zero-order chi connectivity index (χ0) is 23.4. The van der Waals surface area contributed by atoms with Gasteiger partial charge in [-0.25, -0.2) is 4.39 Å². The van der Waals surface area contributed by atoms with Crippen LogP contribution in [-0.2, 0) is 20.3 Å². The van der Waals surface area contributed by atoms with Gasteiger partial charge in [0.05, 0.1) is 22.3 Å². The van der Waals surface area contributed by atoms with Gasteiger partial charge in [0.25, 0.3) is 5.91 Å². The molecule has 0 aromatic heterocycles. The molecule has 2 aromatic carbocycles. The van der Waals surface area contributed by atoms with E-state index in [0.717, 1.165) is 11.8 Å². The van der Waals surface area contributed by atoms with Gasteiger partial charge >= 0.3 is 5.97 Å². The molecule has 1 fully saturated rings. The van der Waals surface area contributed by atoms with Gasteiger partial charge in [0, 0.05) is 41.4 Å². The second-order valence-electron chi connectivity index (χ2n) is 7.59. The van der Waals surface area contributed by atoms with Crippen LogP contribution in [0.1, 0.15) is 31.1 Å². The lowest BCUT2D eigenvalue weighted by molar-refractivity contribution is -0.139. The molecule has 0 aliphatic carbocycles. The number of anilines is 1. The van der Waals surface area contributed by atoms with E-state index in [4.69, 9.17) is 16.3 Å². The molecule has 1 unspecified atom stereocenters. The fourth-order valence-corrected chi connectivity index (χ4v) is 4.95. The summed E-state index contributed by atoms with van der Waals surface area (Å²) in [5.41, 5.74) is 1.16. The first kappa shape index (κ1) is 24.2. The molecule has 1 heterocycles. The molecule has 0 N–H and O–H groups in total. The highest BCUT2D eigenvalue weighted by Gasteiger charge is 2.34. The van der Waals surface area contributed by atoms with Crippen LogP contribution >= 0.6 is 11.6 Å². The third kappa shape index (κ3) is 5.30. The summed E-state index contributed by atoms with van der Waals surface area (Å²) in [4.78, 5) is 28.4. The summed E-state index contributed by atoms with van der Waals surface area (Å²) < 4.78 is 31.7. The van der Waals surface area contributed by atoms with E-state index in [9.17, 15) is 18.2 Å². The van der Waals surface area contributed by atoms with E-state index in [2.05, 4.69) is 4.90 Å². The van der Waals surface area contributed by atoms with Crippen LogP contribution in [0, 0.1) is 5.82 Å². The maximum absolute atomic E-state index is 14.6. The maximum Gasteiger partial charge on any atom is 0.318 e. The maximum atomic E-state index is 14.6. The van der Waals surface area contributed by atoms with Crippen molar-refractivity contribution < 1.29 is 22.9 Å². The van der Waals surface area contributed by atoms with Gasteiger partial charge in [-0.05, 0) is 57.2 Å². The zero-order valence-electron chi connectivity index (χ0n) is 18.2. The van der Waals surface area contributed by atoms with E-state index in [1.54, 1.807) is 11.8 Å². The minimum absolute atomic E-state index is 0.0207. The summed E-state index contributed by atoms with van der Waals surface area (Å²) >= 11 is 6.13. The highest BCUT2D eigenvalue weighted by molar-refractivity contribution is 7.85. The molecule has 172 valence electrons. The molecule has 1 aliphatic rings. The Hall–Kier alpha value is -2.45. The summed E-state index contributed by atoms with van der Waals surface area (Å²) in [6, 6.07) is 11.3. The Balaban J connectivity index is 1.73. The number of esters is 1. The van der Waals surface area contributed by atoms with Gasteiger partial charge in [0.2, 0.25) is 0 Å². The monoisotopic (exact) mass is 480 g/mol. The molecule has 3 atom stereocenters. The Labute approximate surface area is 194 Å². The minimum atomic E-state index is -1.89. The van der Waals surface area contributed by atoms with Gasteiger partial charge in [-0.2, -0.15) is 0 Å². The van der Waals surface area contributed by atoms with Crippen LogP contribution in [0.25, 0.3) is 0 Å². The number of benzene rings is 2. The molecule has 0 radical (unpaired) electrons. The summed E-state index contributed by atoms with van der Waals surface area (Å²) in [5.74, 6) is -2.17. The van der Waals surface area contributed by atoms with E-state index in [1.807, 2.05) is 38.1 Å². The first-order valence-corrected chi connectivity index (χ1v) is 12.1. The molecule has 9 heteroatoms. The predicted octanol–water partition coefficient (Wildman–Crippen LogP) is 3.89. The van der Waals surface area contributed by atoms with Crippen molar-refractivity contribution in [2.75, 3.05) is 30.3 Å². The standard InChI is InChI=1S/C23H26ClFN2O4S/c1-4-31-22(28)14-32(30)21-9-8-17(12-20(21)25)23(29)27-11-10-26(15(2)16(27)3)19-7-5-6-18(24)13-19/h5-9,12-13,15-16H,4,10-11,14H2,1-3H3/t15-,16+,32?/m1/s1. The van der Waals surface area contributed by atoms with Crippen LogP contribution < -0.4 is 4.90 Å². The number of hydrogen-bond acceptors (Lipinski definition) is 5. The predicted molar refractivity (Wildman–Crippen MR) is 123 cm³/mol. The molecule has 1 aliphatic heterocycles. The molecule has 2 aromatic rings. The molecule has 6 nitrogen and oxygen atoms in total. The second kappa shape index (κ2) is 10.4. The van der Waals surface area contributed by atoms with Crippen molar-refractivity contribution in [3.05, 3.63) is 58.9 Å². The zero-order valence-corrected chi connectivity index (χ0v) is 19.8. The van der Waals surface area contributed by atoms with E-state index < -0.39 is 28.3 Å². The highest BCUT2D eigenvalue weighted by atomic mass is 35.5. The van der Waals surface area contributed by atoms with Gasteiger partial charge in [-0.15, -0.1) is 0 Å². The highest BCUT2D eigenvalue weighted by Crippen LogP contribution is 2.28. The average Bonchev–Trinajstić information content (AvgIpc) is 2.75. The number of nitrogens with zero attached hydrogens (tertiary/aromatic N) is 2. The van der Waals surface area contributed by atoms with Crippen molar-refractivity contribution in [2.24, 2.45) is 0 Å². The van der Waals surface area contributed by atoms with Crippen molar-refractivity contribution in [1.29, 1.82) is 0 Å². The molecule has 1 amide bonds. The van der Waals surface area contributed by atoms with Crippen molar-refractivity contribution >= 4 is 40.0 Å². The average molecular weight is 481 g/mol. The van der Waals surface area contributed by atoms with E-state index >= 15 is 0 Å². The molecule has 32 heavy (non-hydrogen) atoms. The van der Waals surface area contributed by atoms with Crippen LogP contribution in [0.4, 0.5) is 10.1 Å². The molecule has 1 saturated heterocycles. The van der Waals surface area contributed by atoms with Crippen LogP contribution in [-0.4, -0.2) is 58.5 Å². The van der Waals surface area contributed by atoms with Gasteiger partial charge < -0.3 is 14.5 Å². The number of ether oxygens (including phenoxy) is 1. The second-order valence-corrected chi connectivity index (χ2v) is 9.45. The quantitative estimate of drug-likeness (QED) is 0.587. The van der Waals surface area contributed by atoms with Crippen molar-refractivity contribution in [1.82, 2.24) is 4.90 Å².